The molecule has 0 aliphatic rings. The van der Waals surface area contributed by atoms with Gasteiger partial charge in [0.1, 0.15) is 6.04 Å². The number of carbonyl (C=O) groups is 3. The van der Waals surface area contributed by atoms with Crippen molar-refractivity contribution >= 4 is 27.9 Å². The molecule has 0 aliphatic heterocycles. The normalized spacial score (nSPS) is 12.5. The van der Waals surface area contributed by atoms with Crippen molar-refractivity contribution in [1.29, 1.82) is 0 Å². The first-order valence-corrected chi connectivity index (χ1v) is 8.33. The highest BCUT2D eigenvalue weighted by molar-refractivity contribution is 7.86. The van der Waals surface area contributed by atoms with Gasteiger partial charge in [0.05, 0.1) is 4.90 Å². The highest BCUT2D eigenvalue weighted by Gasteiger charge is 2.21. The Balaban J connectivity index is 2.72. The third kappa shape index (κ3) is 5.61. The zero-order valence-electron chi connectivity index (χ0n) is 13.1. The molecular formula is C14H18FN3O5S. The van der Waals surface area contributed by atoms with Crippen LogP contribution in [-0.2, 0) is 19.8 Å². The number of primary amides is 1. The molecule has 0 spiro atoms. The molecule has 0 bridgehead atoms. The number of nitrogens with two attached hydrogens (primary N) is 1. The fourth-order valence-electron chi connectivity index (χ4n) is 1.63. The Morgan fingerprint density at radius 1 is 1.17 bits per heavy atom. The summed E-state index contributed by atoms with van der Waals surface area (Å²) in [6.07, 6.45) is 0. The predicted molar refractivity (Wildman–Crippen MR) is 83.0 cm³/mol. The molecule has 0 unspecified atom stereocenters. The molecule has 1 atom stereocenters. The quantitative estimate of drug-likeness (QED) is 0.574. The first-order chi connectivity index (χ1) is 11.0. The Morgan fingerprint density at radius 2 is 1.71 bits per heavy atom. The molecule has 0 saturated carbocycles. The predicted octanol–water partition coefficient (Wildman–Crippen LogP) is -0.299. The average molecular weight is 359 g/mol. The van der Waals surface area contributed by atoms with Gasteiger partial charge >= 0.3 is 10.2 Å². The number of amides is 3. The number of benzene rings is 1. The summed E-state index contributed by atoms with van der Waals surface area (Å²) in [5.74, 6) is -2.21. The van der Waals surface area contributed by atoms with Gasteiger partial charge < -0.3 is 16.4 Å². The van der Waals surface area contributed by atoms with E-state index in [0.29, 0.717) is 0 Å². The van der Waals surface area contributed by atoms with E-state index in [-0.39, 0.29) is 18.0 Å². The molecule has 0 heterocycles. The monoisotopic (exact) mass is 359 g/mol. The first-order valence-electron chi connectivity index (χ1n) is 6.95. The lowest BCUT2D eigenvalue weighted by Crippen LogP contribution is -2.52. The van der Waals surface area contributed by atoms with Crippen LogP contribution in [0.15, 0.2) is 29.2 Å². The Bertz CT molecular complexity index is 731. The first kappa shape index (κ1) is 19.6. The van der Waals surface area contributed by atoms with Crippen LogP contribution in [0, 0.1) is 5.92 Å². The third-order valence-corrected chi connectivity index (χ3v) is 3.88. The van der Waals surface area contributed by atoms with Crippen LogP contribution in [0.2, 0.25) is 0 Å². The van der Waals surface area contributed by atoms with Gasteiger partial charge in [0.2, 0.25) is 11.8 Å². The van der Waals surface area contributed by atoms with Crippen LogP contribution in [0.1, 0.15) is 24.2 Å². The van der Waals surface area contributed by atoms with E-state index >= 15 is 0 Å². The Kier molecular flexibility index (Phi) is 6.41. The summed E-state index contributed by atoms with van der Waals surface area (Å²) in [7, 11) is -4.84. The molecule has 1 aromatic carbocycles. The molecule has 1 aromatic rings. The molecular weight excluding hydrogens is 341 g/mol. The van der Waals surface area contributed by atoms with Crippen LogP contribution in [0.3, 0.4) is 0 Å². The summed E-state index contributed by atoms with van der Waals surface area (Å²) in [4.78, 5) is 34.3. The van der Waals surface area contributed by atoms with Crippen molar-refractivity contribution in [2.45, 2.75) is 24.8 Å². The maximum Gasteiger partial charge on any atom is 0.332 e. The van der Waals surface area contributed by atoms with Gasteiger partial charge in [-0.05, 0) is 24.3 Å². The van der Waals surface area contributed by atoms with E-state index in [9.17, 15) is 26.7 Å². The van der Waals surface area contributed by atoms with Crippen LogP contribution < -0.4 is 16.4 Å². The lowest BCUT2D eigenvalue weighted by Gasteiger charge is -2.17. The standard InChI is InChI=1S/C14H18FN3O5S/c1-8(2)13(20)18-11(12(16)19)7-17-14(21)9-3-5-10(6-4-9)24(15,22)23/h3-6,8,11H,7H2,1-2H3,(H2,16,19)(H,17,21)(H,18,20)/t11-/m0/s1. The van der Waals surface area contributed by atoms with Gasteiger partial charge in [-0.2, -0.15) is 8.42 Å². The fourth-order valence-corrected chi connectivity index (χ4v) is 2.09. The zero-order chi connectivity index (χ0) is 18.5. The van der Waals surface area contributed by atoms with Gasteiger partial charge in [-0.25, -0.2) is 0 Å². The van der Waals surface area contributed by atoms with E-state index in [4.69, 9.17) is 5.73 Å². The number of rotatable bonds is 7. The van der Waals surface area contributed by atoms with E-state index < -0.39 is 38.9 Å². The molecule has 24 heavy (non-hydrogen) atoms. The largest absolute Gasteiger partial charge is 0.368 e. The lowest BCUT2D eigenvalue weighted by atomic mass is 10.1. The SMILES string of the molecule is CC(C)C(=O)N[C@@H](CNC(=O)c1ccc(S(=O)(=O)F)cc1)C(N)=O. The Hall–Kier alpha value is -2.49. The van der Waals surface area contributed by atoms with Crippen molar-refractivity contribution in [3.05, 3.63) is 29.8 Å². The molecule has 1 rings (SSSR count). The van der Waals surface area contributed by atoms with Crippen molar-refractivity contribution in [2.24, 2.45) is 11.7 Å². The topological polar surface area (TPSA) is 135 Å². The molecule has 0 aliphatic carbocycles. The molecule has 0 fully saturated rings. The highest BCUT2D eigenvalue weighted by atomic mass is 32.3. The summed E-state index contributed by atoms with van der Waals surface area (Å²) in [5, 5.41) is 4.78. The van der Waals surface area contributed by atoms with Crippen molar-refractivity contribution in [3.8, 4) is 0 Å². The molecule has 132 valence electrons. The number of hydrogen-bond donors (Lipinski definition) is 3. The van der Waals surface area contributed by atoms with Gasteiger partial charge in [-0.1, -0.05) is 13.8 Å². The van der Waals surface area contributed by atoms with E-state index in [0.717, 1.165) is 24.3 Å². The van der Waals surface area contributed by atoms with Crippen LogP contribution in [0.25, 0.3) is 0 Å². The molecule has 0 saturated heterocycles. The summed E-state index contributed by atoms with van der Waals surface area (Å²) < 4.78 is 34.2. The number of nitrogens with one attached hydrogen (secondary N) is 2. The second-order valence-corrected chi connectivity index (χ2v) is 6.64. The Labute approximate surface area is 138 Å². The number of hydrogen-bond acceptors (Lipinski definition) is 5. The van der Waals surface area contributed by atoms with E-state index in [2.05, 4.69) is 10.6 Å². The average Bonchev–Trinajstić information content (AvgIpc) is 2.49. The van der Waals surface area contributed by atoms with Crippen LogP contribution in [0.4, 0.5) is 3.89 Å². The summed E-state index contributed by atoms with van der Waals surface area (Å²) >= 11 is 0. The van der Waals surface area contributed by atoms with Crippen molar-refractivity contribution in [3.63, 3.8) is 0 Å². The smallest absolute Gasteiger partial charge is 0.332 e. The molecule has 0 radical (unpaired) electrons. The van der Waals surface area contributed by atoms with Gasteiger partial charge in [0.25, 0.3) is 5.91 Å². The summed E-state index contributed by atoms with van der Waals surface area (Å²) in [6.45, 7) is 3.02. The summed E-state index contributed by atoms with van der Waals surface area (Å²) in [6, 6.07) is 3.03. The minimum absolute atomic E-state index is 0.0563. The highest BCUT2D eigenvalue weighted by Crippen LogP contribution is 2.12. The van der Waals surface area contributed by atoms with Crippen molar-refractivity contribution < 1.29 is 26.7 Å². The molecule has 8 nitrogen and oxygen atoms in total. The molecule has 10 heteroatoms. The second kappa shape index (κ2) is 7.86. The van der Waals surface area contributed by atoms with Crippen molar-refractivity contribution in [2.75, 3.05) is 6.54 Å². The third-order valence-electron chi connectivity index (χ3n) is 3.05. The maximum absolute atomic E-state index is 12.8. The maximum atomic E-state index is 12.8. The second-order valence-electron chi connectivity index (χ2n) is 5.29. The summed E-state index contributed by atoms with van der Waals surface area (Å²) in [5.41, 5.74) is 5.22. The minimum Gasteiger partial charge on any atom is -0.368 e. The van der Waals surface area contributed by atoms with E-state index in [1.807, 2.05) is 0 Å². The lowest BCUT2D eigenvalue weighted by molar-refractivity contribution is -0.129. The number of halogens is 1. The van der Waals surface area contributed by atoms with Crippen molar-refractivity contribution in [1.82, 2.24) is 10.6 Å². The van der Waals surface area contributed by atoms with Crippen LogP contribution in [-0.4, -0.2) is 38.7 Å². The Morgan fingerprint density at radius 3 is 2.12 bits per heavy atom. The van der Waals surface area contributed by atoms with Gasteiger partial charge in [-0.3, -0.25) is 14.4 Å². The minimum atomic E-state index is -4.84. The zero-order valence-corrected chi connectivity index (χ0v) is 13.9. The van der Waals surface area contributed by atoms with E-state index in [1.165, 1.54) is 0 Å². The van der Waals surface area contributed by atoms with Gasteiger partial charge in [0.15, 0.2) is 0 Å². The molecule has 4 N–H and O–H groups in total. The number of carbonyl (C=O) groups excluding carboxylic acids is 3. The molecule has 3 amide bonds. The fraction of sp³-hybridized carbons (Fsp3) is 0.357. The van der Waals surface area contributed by atoms with E-state index in [1.54, 1.807) is 13.8 Å². The van der Waals surface area contributed by atoms with Gasteiger partial charge in [-0.15, -0.1) is 3.89 Å². The van der Waals surface area contributed by atoms with Crippen LogP contribution in [0.5, 0.6) is 0 Å². The molecule has 0 aromatic heterocycles. The van der Waals surface area contributed by atoms with Crippen LogP contribution >= 0.6 is 0 Å². The van der Waals surface area contributed by atoms with Gasteiger partial charge in [0, 0.05) is 18.0 Å².